The summed E-state index contributed by atoms with van der Waals surface area (Å²) in [5.41, 5.74) is 5.65. The summed E-state index contributed by atoms with van der Waals surface area (Å²) in [5, 5.41) is 1.23. The molecule has 3 aliphatic heterocycles. The Morgan fingerprint density at radius 1 is 1.08 bits per heavy atom. The average molecular weight is 535 g/mol. The molecule has 6 rings (SSSR count). The van der Waals surface area contributed by atoms with Crippen molar-refractivity contribution in [3.8, 4) is 11.3 Å². The van der Waals surface area contributed by atoms with Crippen LogP contribution in [0.2, 0.25) is 0 Å². The maximum absolute atomic E-state index is 13.9. The van der Waals surface area contributed by atoms with Crippen LogP contribution >= 0.6 is 11.3 Å². The van der Waals surface area contributed by atoms with Crippen LogP contribution in [0.15, 0.2) is 24.3 Å². The van der Waals surface area contributed by atoms with E-state index in [0.717, 1.165) is 35.6 Å². The van der Waals surface area contributed by atoms with Crippen LogP contribution in [0.25, 0.3) is 21.5 Å². The minimum atomic E-state index is -0.539. The first kappa shape index (κ1) is 26.1. The van der Waals surface area contributed by atoms with Gasteiger partial charge in [-0.2, -0.15) is 0 Å². The molecule has 2 bridgehead atoms. The fraction of sp³-hybridized carbons (Fsp3) is 0.594. The molecule has 204 valence electrons. The van der Waals surface area contributed by atoms with Crippen LogP contribution in [0.4, 0.5) is 0 Å². The summed E-state index contributed by atoms with van der Waals surface area (Å²) in [6, 6.07) is 9.94. The van der Waals surface area contributed by atoms with Crippen LogP contribution in [-0.4, -0.2) is 47.4 Å². The van der Waals surface area contributed by atoms with Gasteiger partial charge in [0.25, 0.3) is 0 Å². The van der Waals surface area contributed by atoms with Gasteiger partial charge in [-0.1, -0.05) is 24.1 Å². The zero-order chi connectivity index (χ0) is 26.6. The molecule has 2 atom stereocenters. The van der Waals surface area contributed by atoms with E-state index >= 15 is 0 Å². The van der Waals surface area contributed by atoms with Crippen molar-refractivity contribution in [2.45, 2.75) is 109 Å². The molecule has 6 heteroatoms. The Balaban J connectivity index is 1.36. The van der Waals surface area contributed by atoms with Crippen molar-refractivity contribution in [3.63, 3.8) is 0 Å². The third kappa shape index (κ3) is 4.63. The second-order valence-corrected chi connectivity index (χ2v) is 13.5. The normalized spacial score (nSPS) is 24.4. The van der Waals surface area contributed by atoms with Crippen LogP contribution in [0, 0.1) is 13.8 Å². The van der Waals surface area contributed by atoms with E-state index in [4.69, 9.17) is 9.47 Å². The first-order valence-electron chi connectivity index (χ1n) is 14.5. The van der Waals surface area contributed by atoms with Crippen molar-refractivity contribution >= 4 is 27.5 Å². The predicted molar refractivity (Wildman–Crippen MR) is 155 cm³/mol. The van der Waals surface area contributed by atoms with E-state index in [0.29, 0.717) is 24.6 Å². The van der Waals surface area contributed by atoms with E-state index in [9.17, 15) is 4.79 Å². The number of rotatable bonds is 7. The molecular weight excluding hydrogens is 492 g/mol. The summed E-state index contributed by atoms with van der Waals surface area (Å²) >= 11 is 1.75. The van der Waals surface area contributed by atoms with Crippen LogP contribution < -0.4 is 0 Å². The Morgan fingerprint density at radius 3 is 2.39 bits per heavy atom. The quantitative estimate of drug-likeness (QED) is 0.340. The fourth-order valence-electron chi connectivity index (χ4n) is 7.02. The maximum Gasteiger partial charge on any atom is 0.233 e. The lowest BCUT2D eigenvalue weighted by Crippen LogP contribution is -2.45. The molecule has 2 aromatic heterocycles. The van der Waals surface area contributed by atoms with E-state index in [1.165, 1.54) is 59.0 Å². The zero-order valence-electron chi connectivity index (χ0n) is 23.6. The van der Waals surface area contributed by atoms with Gasteiger partial charge in [0, 0.05) is 34.9 Å². The van der Waals surface area contributed by atoms with Crippen LogP contribution in [0.5, 0.6) is 0 Å². The minimum absolute atomic E-state index is 0.101. The topological polar surface area (TPSA) is 54.6 Å². The van der Waals surface area contributed by atoms with E-state index in [1.54, 1.807) is 11.3 Å². The first-order valence-corrected chi connectivity index (χ1v) is 15.3. The summed E-state index contributed by atoms with van der Waals surface area (Å²) in [7, 11) is 0. The molecule has 3 fully saturated rings. The van der Waals surface area contributed by atoms with Crippen molar-refractivity contribution in [1.29, 1.82) is 0 Å². The van der Waals surface area contributed by atoms with Gasteiger partial charge in [0.15, 0.2) is 6.29 Å². The Bertz CT molecular complexity index is 1290. The number of aromatic amines is 1. The molecule has 5 heterocycles. The van der Waals surface area contributed by atoms with E-state index < -0.39 is 5.41 Å². The van der Waals surface area contributed by atoms with Crippen molar-refractivity contribution in [3.05, 3.63) is 45.8 Å². The molecule has 0 aliphatic carbocycles. The number of hydrogen-bond acceptors (Lipinski definition) is 4. The highest BCUT2D eigenvalue weighted by atomic mass is 32.1. The van der Waals surface area contributed by atoms with Gasteiger partial charge in [-0.05, 0) is 102 Å². The number of nitrogens with zero attached hydrogens (tertiary/aromatic N) is 1. The van der Waals surface area contributed by atoms with E-state index in [-0.39, 0.29) is 12.2 Å². The monoisotopic (exact) mass is 534 g/mol. The molecule has 0 radical (unpaired) electrons. The summed E-state index contributed by atoms with van der Waals surface area (Å²) in [5.74, 6) is 0.481. The molecule has 0 spiro atoms. The molecule has 1 N–H and O–H groups in total. The van der Waals surface area contributed by atoms with Crippen LogP contribution in [0.3, 0.4) is 0 Å². The Labute approximate surface area is 230 Å². The Kier molecular flexibility index (Phi) is 6.94. The largest absolute Gasteiger partial charge is 0.353 e. The first-order chi connectivity index (χ1) is 18.2. The third-order valence-corrected chi connectivity index (χ3v) is 10.4. The fourth-order valence-corrected chi connectivity index (χ4v) is 8.19. The summed E-state index contributed by atoms with van der Waals surface area (Å²) in [6.45, 7) is 12.2. The highest BCUT2D eigenvalue weighted by molar-refractivity contribution is 7.19. The van der Waals surface area contributed by atoms with Gasteiger partial charge in [0.2, 0.25) is 5.91 Å². The summed E-state index contributed by atoms with van der Waals surface area (Å²) in [4.78, 5) is 22.2. The smallest absolute Gasteiger partial charge is 0.233 e. The van der Waals surface area contributed by atoms with Gasteiger partial charge in [-0.15, -0.1) is 11.3 Å². The Hall–Kier alpha value is -2.15. The van der Waals surface area contributed by atoms with Crippen molar-refractivity contribution in [2.75, 3.05) is 13.2 Å². The van der Waals surface area contributed by atoms with Crippen LogP contribution in [0.1, 0.15) is 93.2 Å². The lowest BCUT2D eigenvalue weighted by molar-refractivity contribution is -0.164. The molecule has 3 saturated heterocycles. The maximum atomic E-state index is 13.9. The van der Waals surface area contributed by atoms with Gasteiger partial charge < -0.3 is 19.4 Å². The van der Waals surface area contributed by atoms with Crippen molar-refractivity contribution < 1.29 is 14.3 Å². The van der Waals surface area contributed by atoms with Gasteiger partial charge >= 0.3 is 0 Å². The number of aryl methyl sites for hydroxylation is 2. The molecule has 5 nitrogen and oxygen atoms in total. The number of fused-ring (bicyclic) bond motifs is 3. The molecule has 1 amide bonds. The number of thiophene rings is 1. The second kappa shape index (κ2) is 10.1. The van der Waals surface area contributed by atoms with Crippen molar-refractivity contribution in [2.24, 2.45) is 0 Å². The van der Waals surface area contributed by atoms with Gasteiger partial charge in [0.1, 0.15) is 4.83 Å². The molecule has 3 aromatic rings. The Morgan fingerprint density at radius 2 is 1.76 bits per heavy atom. The number of carbonyl (C=O) groups excluding carboxylic acids is 1. The highest BCUT2D eigenvalue weighted by Gasteiger charge is 2.47. The summed E-state index contributed by atoms with van der Waals surface area (Å²) in [6.07, 6.45) is 7.83. The number of H-pyrrole nitrogens is 1. The lowest BCUT2D eigenvalue weighted by Gasteiger charge is -2.31. The molecule has 3 aliphatic rings. The average Bonchev–Trinajstić information content (AvgIpc) is 3.66. The standard InChI is InChI=1S/C32H42N2O3S/c1-19-14-20(2)16-22(15-19)29-28(21(3)18-37-27-8-6-7-13-36-27)25-17-26(38-30(25)33-29)32(4,5)31(35)34-23-9-10-24(34)12-11-23/h14-17,21,23-24,27,33H,6-13,18H2,1-5H3/t21-,23?,24?,27?/m1/s1. The number of hydrogen-bond donors (Lipinski definition) is 1. The molecule has 1 aromatic carbocycles. The number of ether oxygens (including phenoxy) is 2. The van der Waals surface area contributed by atoms with Gasteiger partial charge in [-0.3, -0.25) is 4.79 Å². The van der Waals surface area contributed by atoms with Gasteiger partial charge in [0.05, 0.1) is 17.7 Å². The highest BCUT2D eigenvalue weighted by Crippen LogP contribution is 2.46. The SMILES string of the molecule is Cc1cc(C)cc(-c2[nH]c3sc(C(C)(C)C(=O)N4C5CCC4CC5)cc3c2[C@H](C)COC2CCCCO2)c1. The summed E-state index contributed by atoms with van der Waals surface area (Å²) < 4.78 is 12.1. The number of amides is 1. The third-order valence-electron chi connectivity index (χ3n) is 9.04. The zero-order valence-corrected chi connectivity index (χ0v) is 24.4. The lowest BCUT2D eigenvalue weighted by atomic mass is 9.88. The molecule has 1 unspecified atom stereocenters. The molecular formula is C32H42N2O3S. The van der Waals surface area contributed by atoms with E-state index in [1.807, 2.05) is 0 Å². The van der Waals surface area contributed by atoms with Crippen LogP contribution in [-0.2, 0) is 19.7 Å². The number of carbonyl (C=O) groups is 1. The van der Waals surface area contributed by atoms with E-state index in [2.05, 4.69) is 68.8 Å². The predicted octanol–water partition coefficient (Wildman–Crippen LogP) is 7.59. The van der Waals surface area contributed by atoms with Crippen molar-refractivity contribution in [1.82, 2.24) is 9.88 Å². The number of nitrogens with one attached hydrogen (secondary N) is 1. The number of aromatic nitrogens is 1. The number of benzene rings is 1. The minimum Gasteiger partial charge on any atom is -0.353 e. The second-order valence-electron chi connectivity index (χ2n) is 12.5. The van der Waals surface area contributed by atoms with Gasteiger partial charge in [-0.25, -0.2) is 0 Å². The molecule has 0 saturated carbocycles. The molecule has 38 heavy (non-hydrogen) atoms.